The van der Waals surface area contributed by atoms with Crippen molar-refractivity contribution in [2.24, 2.45) is 17.2 Å². The van der Waals surface area contributed by atoms with Crippen molar-refractivity contribution in [3.8, 4) is 0 Å². The predicted molar refractivity (Wildman–Crippen MR) is 169 cm³/mol. The molecule has 0 fully saturated rings. The zero-order valence-electron chi connectivity index (χ0n) is 24.9. The standard InChI is InChI=1S/C30H63N9/c31-10-1-4-13-34-16-7-19-37-25-28-22-29(26-38-20-8-17-35-14-5-2-11-32)24-30(23-28)27-39-21-9-18-36-15-6-3-12-33/h22-24,34-39H,1-21,25-27,31-33H2. The number of hydrogen-bond acceptors (Lipinski definition) is 9. The number of unbranched alkanes of at least 4 members (excludes halogenated alkanes) is 3. The molecule has 9 nitrogen and oxygen atoms in total. The van der Waals surface area contributed by atoms with E-state index in [-0.39, 0.29) is 0 Å². The van der Waals surface area contributed by atoms with Crippen molar-refractivity contribution < 1.29 is 0 Å². The molecule has 1 aromatic carbocycles. The third kappa shape index (κ3) is 23.3. The van der Waals surface area contributed by atoms with Gasteiger partial charge in [-0.15, -0.1) is 0 Å². The van der Waals surface area contributed by atoms with Crippen LogP contribution in [0.2, 0.25) is 0 Å². The Morgan fingerprint density at radius 3 is 0.872 bits per heavy atom. The normalized spacial score (nSPS) is 11.5. The molecule has 0 unspecified atom stereocenters. The second-order valence-corrected chi connectivity index (χ2v) is 10.5. The average Bonchev–Trinajstić information content (AvgIpc) is 2.94. The Hall–Kier alpha value is -1.14. The molecule has 0 spiro atoms. The van der Waals surface area contributed by atoms with Gasteiger partial charge in [0, 0.05) is 19.6 Å². The highest BCUT2D eigenvalue weighted by atomic mass is 14.9. The molecule has 0 bridgehead atoms. The molecular weight excluding hydrogens is 486 g/mol. The van der Waals surface area contributed by atoms with Gasteiger partial charge in [0.25, 0.3) is 0 Å². The molecule has 9 heteroatoms. The molecule has 12 N–H and O–H groups in total. The summed E-state index contributed by atoms with van der Waals surface area (Å²) in [5.41, 5.74) is 20.8. The Labute approximate surface area is 240 Å². The Kier molecular flexibility index (Phi) is 26.1. The zero-order chi connectivity index (χ0) is 28.1. The van der Waals surface area contributed by atoms with Crippen molar-refractivity contribution in [3.05, 3.63) is 34.9 Å². The molecular formula is C30H63N9. The summed E-state index contributed by atoms with van der Waals surface area (Å²) in [7, 11) is 0. The van der Waals surface area contributed by atoms with E-state index >= 15 is 0 Å². The van der Waals surface area contributed by atoms with Crippen molar-refractivity contribution in [1.82, 2.24) is 31.9 Å². The van der Waals surface area contributed by atoms with Gasteiger partial charge in [-0.05, 0) is 153 Å². The van der Waals surface area contributed by atoms with Crippen LogP contribution < -0.4 is 49.1 Å². The fourth-order valence-corrected chi connectivity index (χ4v) is 4.42. The Morgan fingerprint density at radius 1 is 0.333 bits per heavy atom. The summed E-state index contributed by atoms with van der Waals surface area (Å²) in [5.74, 6) is 0. The van der Waals surface area contributed by atoms with Crippen LogP contribution in [0.1, 0.15) is 74.5 Å². The molecule has 0 radical (unpaired) electrons. The Bertz CT molecular complexity index is 547. The van der Waals surface area contributed by atoms with Crippen molar-refractivity contribution in [3.63, 3.8) is 0 Å². The van der Waals surface area contributed by atoms with Crippen LogP contribution in [0, 0.1) is 0 Å². The summed E-state index contributed by atoms with van der Waals surface area (Å²) in [4.78, 5) is 0. The first-order valence-corrected chi connectivity index (χ1v) is 15.8. The van der Waals surface area contributed by atoms with Crippen LogP contribution in [0.4, 0.5) is 0 Å². The van der Waals surface area contributed by atoms with E-state index in [1.54, 1.807) is 0 Å². The maximum atomic E-state index is 5.56. The third-order valence-electron chi connectivity index (χ3n) is 6.64. The molecule has 0 aliphatic heterocycles. The van der Waals surface area contributed by atoms with Gasteiger partial charge in [0.1, 0.15) is 0 Å². The lowest BCUT2D eigenvalue weighted by molar-refractivity contribution is 0.571. The van der Waals surface area contributed by atoms with E-state index < -0.39 is 0 Å². The first-order chi connectivity index (χ1) is 19.3. The minimum Gasteiger partial charge on any atom is -0.330 e. The topological polar surface area (TPSA) is 150 Å². The van der Waals surface area contributed by atoms with Crippen molar-refractivity contribution >= 4 is 0 Å². The van der Waals surface area contributed by atoms with Gasteiger partial charge in [0.05, 0.1) is 0 Å². The summed E-state index contributed by atoms with van der Waals surface area (Å²) in [6.45, 7) is 14.5. The SMILES string of the molecule is NCCCCNCCCNCc1cc(CNCCCNCCCCN)cc(CNCCCNCCCCN)c1. The van der Waals surface area contributed by atoms with E-state index in [4.69, 9.17) is 17.2 Å². The number of nitrogens with two attached hydrogens (primary N) is 3. The largest absolute Gasteiger partial charge is 0.330 e. The van der Waals surface area contributed by atoms with E-state index in [0.717, 1.165) is 156 Å². The average molecular weight is 550 g/mol. The molecule has 0 saturated carbocycles. The van der Waals surface area contributed by atoms with Gasteiger partial charge < -0.3 is 49.1 Å². The van der Waals surface area contributed by atoms with Crippen LogP contribution in [0.5, 0.6) is 0 Å². The number of benzene rings is 1. The monoisotopic (exact) mass is 550 g/mol. The number of rotatable bonds is 30. The predicted octanol–water partition coefficient (Wildman–Crippen LogP) is 1.11. The Morgan fingerprint density at radius 2 is 0.590 bits per heavy atom. The van der Waals surface area contributed by atoms with Crippen molar-refractivity contribution in [2.75, 3.05) is 78.5 Å². The van der Waals surface area contributed by atoms with Crippen LogP contribution in [0.15, 0.2) is 18.2 Å². The van der Waals surface area contributed by atoms with E-state index in [1.807, 2.05) is 0 Å². The zero-order valence-corrected chi connectivity index (χ0v) is 24.9. The van der Waals surface area contributed by atoms with E-state index in [2.05, 4.69) is 50.1 Å². The fraction of sp³-hybridized carbons (Fsp3) is 0.800. The highest BCUT2D eigenvalue weighted by Gasteiger charge is 2.03. The quantitative estimate of drug-likeness (QED) is 0.0643. The molecule has 0 amide bonds. The molecule has 1 rings (SSSR count). The van der Waals surface area contributed by atoms with Crippen LogP contribution in [-0.4, -0.2) is 78.5 Å². The second kappa shape index (κ2) is 28.4. The smallest absolute Gasteiger partial charge is 0.0205 e. The van der Waals surface area contributed by atoms with E-state index in [0.29, 0.717) is 0 Å². The summed E-state index contributed by atoms with van der Waals surface area (Å²) in [5, 5.41) is 21.4. The van der Waals surface area contributed by atoms with Gasteiger partial charge in [-0.2, -0.15) is 0 Å². The Balaban J connectivity index is 2.38. The van der Waals surface area contributed by atoms with E-state index in [9.17, 15) is 0 Å². The van der Waals surface area contributed by atoms with E-state index in [1.165, 1.54) is 16.7 Å². The molecule has 228 valence electrons. The summed E-state index contributed by atoms with van der Waals surface area (Å²) >= 11 is 0. The number of nitrogens with one attached hydrogen (secondary N) is 6. The first kappa shape index (κ1) is 35.9. The van der Waals surface area contributed by atoms with Gasteiger partial charge in [-0.25, -0.2) is 0 Å². The third-order valence-corrected chi connectivity index (χ3v) is 6.64. The lowest BCUT2D eigenvalue weighted by Crippen LogP contribution is -2.24. The summed E-state index contributed by atoms with van der Waals surface area (Å²) < 4.78 is 0. The lowest BCUT2D eigenvalue weighted by atomic mass is 10.0. The molecule has 1 aromatic rings. The van der Waals surface area contributed by atoms with Gasteiger partial charge in [0.2, 0.25) is 0 Å². The highest BCUT2D eigenvalue weighted by molar-refractivity contribution is 5.30. The molecule has 0 aliphatic carbocycles. The van der Waals surface area contributed by atoms with Gasteiger partial charge >= 0.3 is 0 Å². The summed E-state index contributed by atoms with van der Waals surface area (Å²) in [6, 6.07) is 7.06. The maximum absolute atomic E-state index is 5.56. The lowest BCUT2D eigenvalue weighted by Gasteiger charge is -2.13. The van der Waals surface area contributed by atoms with Crippen LogP contribution in [-0.2, 0) is 19.6 Å². The van der Waals surface area contributed by atoms with Crippen LogP contribution >= 0.6 is 0 Å². The van der Waals surface area contributed by atoms with Gasteiger partial charge in [-0.1, -0.05) is 18.2 Å². The van der Waals surface area contributed by atoms with Gasteiger partial charge in [0.15, 0.2) is 0 Å². The van der Waals surface area contributed by atoms with Crippen LogP contribution in [0.3, 0.4) is 0 Å². The fourth-order valence-electron chi connectivity index (χ4n) is 4.42. The second-order valence-electron chi connectivity index (χ2n) is 10.5. The first-order valence-electron chi connectivity index (χ1n) is 15.8. The highest BCUT2D eigenvalue weighted by Crippen LogP contribution is 2.11. The summed E-state index contributed by atoms with van der Waals surface area (Å²) in [6.07, 6.45) is 10.2. The molecule has 39 heavy (non-hydrogen) atoms. The molecule has 0 aromatic heterocycles. The molecule has 0 saturated heterocycles. The maximum Gasteiger partial charge on any atom is 0.0205 e. The van der Waals surface area contributed by atoms with Gasteiger partial charge in [-0.3, -0.25) is 0 Å². The minimum absolute atomic E-state index is 0.787. The van der Waals surface area contributed by atoms with Crippen molar-refractivity contribution in [1.29, 1.82) is 0 Å². The molecule has 0 atom stereocenters. The van der Waals surface area contributed by atoms with Crippen LogP contribution in [0.25, 0.3) is 0 Å². The number of hydrogen-bond donors (Lipinski definition) is 9. The minimum atomic E-state index is 0.787. The van der Waals surface area contributed by atoms with Crippen molar-refractivity contribution in [2.45, 2.75) is 77.4 Å². The molecule has 0 aliphatic rings. The molecule has 0 heterocycles.